The monoisotopic (exact) mass is 617 g/mol. The van der Waals surface area contributed by atoms with Gasteiger partial charge in [0, 0.05) is 38.3 Å². The highest BCUT2D eigenvalue weighted by molar-refractivity contribution is 7.99. The van der Waals surface area contributed by atoms with E-state index in [4.69, 9.17) is 19.3 Å². The van der Waals surface area contributed by atoms with Crippen molar-refractivity contribution < 1.29 is 19.3 Å². The quantitative estimate of drug-likeness (QED) is 0.0985. The van der Waals surface area contributed by atoms with E-state index in [2.05, 4.69) is 35.5 Å². The molecule has 244 valence electrons. The maximum Gasteiger partial charge on any atom is 0.0698 e. The third kappa shape index (κ3) is 18.8. The molecule has 0 spiro atoms. The van der Waals surface area contributed by atoms with Gasteiger partial charge in [0.2, 0.25) is 0 Å². The number of aliphatic hydroxyl groups excluding tert-OH is 1. The van der Waals surface area contributed by atoms with Crippen molar-refractivity contribution in [2.45, 2.75) is 134 Å². The molecule has 0 radical (unpaired) electrons. The first kappa shape index (κ1) is 37.7. The lowest BCUT2D eigenvalue weighted by atomic mass is 9.91. The lowest BCUT2D eigenvalue weighted by Gasteiger charge is -2.29. The number of nitrogens with zero attached hydrogens (tertiary/aromatic N) is 1. The zero-order valence-corrected chi connectivity index (χ0v) is 28.8. The average Bonchev–Trinajstić information content (AvgIpc) is 3.01. The second-order valence-corrected chi connectivity index (χ2v) is 15.0. The number of thioether (sulfide) groups is 2. The van der Waals surface area contributed by atoms with Gasteiger partial charge in [0.15, 0.2) is 0 Å². The second-order valence-electron chi connectivity index (χ2n) is 12.8. The first-order chi connectivity index (χ1) is 20.2. The zero-order valence-electron chi connectivity index (χ0n) is 27.2. The summed E-state index contributed by atoms with van der Waals surface area (Å²) >= 11 is 4.26. The highest BCUT2D eigenvalue weighted by atomic mass is 32.2. The first-order valence-electron chi connectivity index (χ1n) is 17.3. The molecule has 2 aliphatic rings. The van der Waals surface area contributed by atoms with Gasteiger partial charge in [-0.15, -0.1) is 0 Å². The van der Waals surface area contributed by atoms with Crippen LogP contribution in [0.3, 0.4) is 0 Å². The Morgan fingerprint density at radius 3 is 1.59 bits per heavy atom. The zero-order chi connectivity index (χ0) is 29.4. The van der Waals surface area contributed by atoms with Gasteiger partial charge in [-0.3, -0.25) is 0 Å². The van der Waals surface area contributed by atoms with Gasteiger partial charge in [0.1, 0.15) is 0 Å². The molecule has 2 unspecified atom stereocenters. The van der Waals surface area contributed by atoms with Crippen LogP contribution in [0.2, 0.25) is 0 Å². The van der Waals surface area contributed by atoms with E-state index in [-0.39, 0.29) is 6.61 Å². The van der Waals surface area contributed by atoms with Crippen molar-refractivity contribution in [3.8, 4) is 0 Å². The molecular weight excluding hydrogens is 551 g/mol. The van der Waals surface area contributed by atoms with Gasteiger partial charge >= 0.3 is 0 Å². The Hall–Kier alpha value is 0.500. The summed E-state index contributed by atoms with van der Waals surface area (Å²) in [5.74, 6) is 6.85. The molecule has 7 heteroatoms. The van der Waals surface area contributed by atoms with E-state index in [1.165, 1.54) is 127 Å². The van der Waals surface area contributed by atoms with E-state index in [9.17, 15) is 0 Å². The van der Waals surface area contributed by atoms with Crippen molar-refractivity contribution in [3.05, 3.63) is 0 Å². The van der Waals surface area contributed by atoms with E-state index in [1.54, 1.807) is 0 Å². The van der Waals surface area contributed by atoms with Crippen LogP contribution in [0.15, 0.2) is 0 Å². The maximum absolute atomic E-state index is 9.04. The standard InChI is InChI=1S/C34H67NO4S2/c1-35(22-24-39-25-23-36)32(18-10-12-20-33(37-2)28-40-26-30-14-6-4-7-15-30)19-11-13-21-34(38-3)29-41-27-31-16-8-5-9-17-31/h30-34,36H,4-29H2,1-3H3. The van der Waals surface area contributed by atoms with E-state index in [1.807, 2.05) is 14.2 Å². The minimum absolute atomic E-state index is 0.104. The number of aliphatic hydroxyl groups is 1. The van der Waals surface area contributed by atoms with Crippen molar-refractivity contribution in [1.29, 1.82) is 0 Å². The number of unbranched alkanes of at least 4 members (excludes halogenated alkanes) is 2. The van der Waals surface area contributed by atoms with Crippen molar-refractivity contribution in [3.63, 3.8) is 0 Å². The topological polar surface area (TPSA) is 51.2 Å². The van der Waals surface area contributed by atoms with E-state index < -0.39 is 0 Å². The molecule has 5 nitrogen and oxygen atoms in total. The number of methoxy groups -OCH3 is 2. The highest BCUT2D eigenvalue weighted by Gasteiger charge is 2.18. The number of ether oxygens (including phenoxy) is 3. The van der Waals surface area contributed by atoms with Crippen LogP contribution in [-0.4, -0.2) is 98.9 Å². The lowest BCUT2D eigenvalue weighted by molar-refractivity contribution is 0.0668. The van der Waals surface area contributed by atoms with Crippen LogP contribution in [0.25, 0.3) is 0 Å². The van der Waals surface area contributed by atoms with Crippen molar-refractivity contribution in [2.75, 3.05) is 70.6 Å². The second kappa shape index (κ2) is 25.8. The van der Waals surface area contributed by atoms with Crippen LogP contribution in [0.1, 0.15) is 116 Å². The van der Waals surface area contributed by atoms with Crippen LogP contribution < -0.4 is 0 Å². The van der Waals surface area contributed by atoms with E-state index in [0.29, 0.717) is 31.5 Å². The summed E-state index contributed by atoms with van der Waals surface area (Å²) in [4.78, 5) is 2.50. The average molecular weight is 618 g/mol. The van der Waals surface area contributed by atoms with Crippen molar-refractivity contribution in [1.82, 2.24) is 4.90 Å². The molecule has 0 amide bonds. The lowest BCUT2D eigenvalue weighted by Crippen LogP contribution is -2.34. The fraction of sp³-hybridized carbons (Fsp3) is 1.00. The summed E-state index contributed by atoms with van der Waals surface area (Å²) in [5.41, 5.74) is 0. The van der Waals surface area contributed by atoms with E-state index >= 15 is 0 Å². The van der Waals surface area contributed by atoms with Crippen LogP contribution >= 0.6 is 23.5 Å². The largest absolute Gasteiger partial charge is 0.394 e. The Bertz CT molecular complexity index is 535. The summed E-state index contributed by atoms with van der Waals surface area (Å²) in [7, 11) is 6.06. The summed E-state index contributed by atoms with van der Waals surface area (Å²) in [6.07, 6.45) is 25.1. The summed E-state index contributed by atoms with van der Waals surface area (Å²) in [6.45, 7) is 2.17. The molecule has 0 aromatic heterocycles. The smallest absolute Gasteiger partial charge is 0.0698 e. The Balaban J connectivity index is 1.65. The van der Waals surface area contributed by atoms with Gasteiger partial charge in [0.05, 0.1) is 32.0 Å². The van der Waals surface area contributed by atoms with Gasteiger partial charge in [0.25, 0.3) is 0 Å². The molecule has 0 aliphatic heterocycles. The number of likely N-dealkylation sites (N-methyl/N-ethyl adjacent to an activating group) is 1. The molecule has 0 aromatic carbocycles. The first-order valence-corrected chi connectivity index (χ1v) is 19.6. The molecule has 0 heterocycles. The SMILES string of the molecule is COC(CCCCC(CCCCC(CSCC1CCCCC1)OC)N(C)CCOCCO)CSCC1CCCCC1. The Morgan fingerprint density at radius 2 is 1.15 bits per heavy atom. The normalized spacial score (nSPS) is 19.5. The third-order valence-electron chi connectivity index (χ3n) is 9.50. The summed E-state index contributed by atoms with van der Waals surface area (Å²) < 4.78 is 17.3. The Kier molecular flexibility index (Phi) is 23.7. The molecule has 1 N–H and O–H groups in total. The molecular formula is C34H67NO4S2. The van der Waals surface area contributed by atoms with Gasteiger partial charge < -0.3 is 24.2 Å². The molecule has 0 aromatic rings. The minimum Gasteiger partial charge on any atom is -0.394 e. The number of hydrogen-bond donors (Lipinski definition) is 1. The fourth-order valence-corrected chi connectivity index (χ4v) is 9.36. The molecule has 0 bridgehead atoms. The highest BCUT2D eigenvalue weighted by Crippen LogP contribution is 2.29. The minimum atomic E-state index is 0.104. The van der Waals surface area contributed by atoms with Crippen molar-refractivity contribution >= 4 is 23.5 Å². The molecule has 2 saturated carbocycles. The molecule has 2 fully saturated rings. The fourth-order valence-electron chi connectivity index (χ4n) is 6.63. The maximum atomic E-state index is 9.04. The van der Waals surface area contributed by atoms with Crippen molar-refractivity contribution in [2.24, 2.45) is 11.8 Å². The van der Waals surface area contributed by atoms with Gasteiger partial charge in [-0.05, 0) is 81.8 Å². The van der Waals surface area contributed by atoms with Crippen LogP contribution in [0.5, 0.6) is 0 Å². The van der Waals surface area contributed by atoms with E-state index in [0.717, 1.165) is 29.9 Å². The van der Waals surface area contributed by atoms with Gasteiger partial charge in [-0.25, -0.2) is 0 Å². The molecule has 2 atom stereocenters. The third-order valence-corrected chi connectivity index (χ3v) is 12.1. The summed E-state index contributed by atoms with van der Waals surface area (Å²) in [6, 6.07) is 0.594. The number of hydrogen-bond acceptors (Lipinski definition) is 7. The predicted octanol–water partition coefficient (Wildman–Crippen LogP) is 8.07. The number of rotatable bonds is 26. The van der Waals surface area contributed by atoms with Crippen LogP contribution in [-0.2, 0) is 14.2 Å². The summed E-state index contributed by atoms with van der Waals surface area (Å²) in [5, 5.41) is 9.04. The Morgan fingerprint density at radius 1 is 0.683 bits per heavy atom. The van der Waals surface area contributed by atoms with Gasteiger partial charge in [-0.1, -0.05) is 64.2 Å². The molecule has 41 heavy (non-hydrogen) atoms. The van der Waals surface area contributed by atoms with Gasteiger partial charge in [-0.2, -0.15) is 23.5 Å². The van der Waals surface area contributed by atoms with Crippen LogP contribution in [0.4, 0.5) is 0 Å². The van der Waals surface area contributed by atoms with Crippen LogP contribution in [0, 0.1) is 11.8 Å². The molecule has 2 aliphatic carbocycles. The molecule has 2 rings (SSSR count). The molecule has 0 saturated heterocycles. The predicted molar refractivity (Wildman–Crippen MR) is 181 cm³/mol. The Labute approximate surface area is 263 Å².